The lowest BCUT2D eigenvalue weighted by Crippen LogP contribution is -2.46. The maximum absolute atomic E-state index is 13.0. The second-order valence-corrected chi connectivity index (χ2v) is 8.83. The molecule has 9 heteroatoms. The van der Waals surface area contributed by atoms with Crippen molar-refractivity contribution in [3.8, 4) is 0 Å². The maximum Gasteiger partial charge on any atom is 0.324 e. The number of halogens is 1. The third-order valence-corrected chi connectivity index (χ3v) is 6.48. The number of esters is 1. The molecule has 1 N–H and O–H groups in total. The molecule has 0 spiro atoms. The Bertz CT molecular complexity index is 791. The highest BCUT2D eigenvalue weighted by atomic mass is 32.2. The molecule has 0 heterocycles. The molecule has 0 unspecified atom stereocenters. The van der Waals surface area contributed by atoms with Crippen molar-refractivity contribution in [3.05, 3.63) is 30.1 Å². The largest absolute Gasteiger partial charge is 0.451 e. The van der Waals surface area contributed by atoms with Crippen molar-refractivity contribution < 1.29 is 27.1 Å². The number of likely N-dealkylation sites (N-methyl/N-ethyl adjacent to an activating group) is 1. The fraction of sp³-hybridized carbons (Fsp3) is 0.579. The van der Waals surface area contributed by atoms with Crippen LogP contribution in [0.25, 0.3) is 0 Å². The molecule has 0 saturated heterocycles. The van der Waals surface area contributed by atoms with Gasteiger partial charge in [-0.15, -0.1) is 0 Å². The van der Waals surface area contributed by atoms with Crippen LogP contribution in [-0.2, 0) is 24.3 Å². The molecule has 1 amide bonds. The fourth-order valence-electron chi connectivity index (χ4n) is 3.22. The summed E-state index contributed by atoms with van der Waals surface area (Å²) in [5.41, 5.74) is 0. The molecule has 0 aliphatic heterocycles. The molecule has 1 saturated carbocycles. The number of hydrogen-bond donors (Lipinski definition) is 1. The monoisotopic (exact) mass is 414 g/mol. The number of carbonyl (C=O) groups excluding carboxylic acids is 2. The van der Waals surface area contributed by atoms with Crippen LogP contribution in [0.1, 0.15) is 46.0 Å². The van der Waals surface area contributed by atoms with Crippen LogP contribution in [0.15, 0.2) is 29.2 Å². The van der Waals surface area contributed by atoms with E-state index in [1.807, 2.05) is 0 Å². The van der Waals surface area contributed by atoms with Crippen molar-refractivity contribution in [1.82, 2.24) is 9.62 Å². The van der Waals surface area contributed by atoms with E-state index < -0.39 is 34.0 Å². The standard InChI is InChI=1S/C19H27FN2O5S/c1-13(21-28(25,26)17-11-9-15(20)10-12-17)19(24)27-14(2)18(23)22(3)16-7-5-4-6-8-16/h9-14,16,21H,4-8H2,1-3H3/t13-,14-/m0/s1. The number of amides is 1. The molecule has 1 aromatic carbocycles. The number of rotatable bonds is 7. The Morgan fingerprint density at radius 1 is 1.14 bits per heavy atom. The number of benzene rings is 1. The number of carbonyl (C=O) groups is 2. The second-order valence-electron chi connectivity index (χ2n) is 7.12. The lowest BCUT2D eigenvalue weighted by atomic mass is 9.94. The Morgan fingerprint density at radius 2 is 1.71 bits per heavy atom. The first-order chi connectivity index (χ1) is 13.1. The predicted octanol–water partition coefficient (Wildman–Crippen LogP) is 2.22. The molecule has 2 rings (SSSR count). The third-order valence-electron chi connectivity index (χ3n) is 4.92. The normalized spacial score (nSPS) is 17.6. The highest BCUT2D eigenvalue weighted by Crippen LogP contribution is 2.22. The summed E-state index contributed by atoms with van der Waals surface area (Å²) in [4.78, 5) is 26.2. The van der Waals surface area contributed by atoms with Crippen molar-refractivity contribution in [2.45, 2.75) is 69.0 Å². The SMILES string of the molecule is C[C@H](NS(=O)(=O)c1ccc(F)cc1)C(=O)O[C@@H](C)C(=O)N(C)C1CCCCC1. The van der Waals surface area contributed by atoms with Gasteiger partial charge in [0.2, 0.25) is 10.0 Å². The van der Waals surface area contributed by atoms with Gasteiger partial charge in [0.15, 0.2) is 6.10 Å². The van der Waals surface area contributed by atoms with Crippen LogP contribution in [0.4, 0.5) is 4.39 Å². The van der Waals surface area contributed by atoms with Gasteiger partial charge in [-0.3, -0.25) is 9.59 Å². The Kier molecular flexibility index (Phi) is 7.54. The van der Waals surface area contributed by atoms with Crippen LogP contribution in [0.3, 0.4) is 0 Å². The van der Waals surface area contributed by atoms with Gasteiger partial charge < -0.3 is 9.64 Å². The molecule has 1 fully saturated rings. The van der Waals surface area contributed by atoms with E-state index in [1.54, 1.807) is 11.9 Å². The van der Waals surface area contributed by atoms with Crippen LogP contribution >= 0.6 is 0 Å². The Morgan fingerprint density at radius 3 is 2.29 bits per heavy atom. The first-order valence-corrected chi connectivity index (χ1v) is 10.8. The summed E-state index contributed by atoms with van der Waals surface area (Å²) in [6, 6.07) is 3.16. The van der Waals surface area contributed by atoms with Crippen molar-refractivity contribution in [1.29, 1.82) is 0 Å². The number of ether oxygens (including phenoxy) is 1. The highest BCUT2D eigenvalue weighted by molar-refractivity contribution is 7.89. The van der Waals surface area contributed by atoms with Crippen LogP contribution in [-0.4, -0.2) is 50.4 Å². The highest BCUT2D eigenvalue weighted by Gasteiger charge is 2.30. The van der Waals surface area contributed by atoms with Crippen molar-refractivity contribution >= 4 is 21.9 Å². The van der Waals surface area contributed by atoms with E-state index in [1.165, 1.54) is 13.8 Å². The predicted molar refractivity (Wildman–Crippen MR) is 101 cm³/mol. The number of sulfonamides is 1. The Hall–Kier alpha value is -2.00. The molecule has 1 aliphatic rings. The average molecular weight is 414 g/mol. The van der Waals surface area contributed by atoms with E-state index >= 15 is 0 Å². The van der Waals surface area contributed by atoms with Crippen LogP contribution < -0.4 is 4.72 Å². The molecule has 2 atom stereocenters. The number of nitrogens with one attached hydrogen (secondary N) is 1. The Balaban J connectivity index is 1.93. The molecule has 156 valence electrons. The number of nitrogens with zero attached hydrogens (tertiary/aromatic N) is 1. The lowest BCUT2D eigenvalue weighted by molar-refractivity contribution is -0.160. The van der Waals surface area contributed by atoms with Gasteiger partial charge in [-0.1, -0.05) is 19.3 Å². The van der Waals surface area contributed by atoms with E-state index in [4.69, 9.17) is 4.74 Å². The van der Waals surface area contributed by atoms with Gasteiger partial charge in [0, 0.05) is 13.1 Å². The summed E-state index contributed by atoms with van der Waals surface area (Å²) in [6.07, 6.45) is 4.14. The van der Waals surface area contributed by atoms with E-state index in [0.29, 0.717) is 0 Å². The first-order valence-electron chi connectivity index (χ1n) is 9.37. The topological polar surface area (TPSA) is 92.8 Å². The Labute approximate surface area is 165 Å². The zero-order valence-corrected chi connectivity index (χ0v) is 17.2. The minimum absolute atomic E-state index is 0.136. The summed E-state index contributed by atoms with van der Waals surface area (Å²) >= 11 is 0. The second kappa shape index (κ2) is 9.47. The third kappa shape index (κ3) is 5.75. The van der Waals surface area contributed by atoms with Crippen molar-refractivity contribution in [2.75, 3.05) is 7.05 Å². The molecule has 7 nitrogen and oxygen atoms in total. The van der Waals surface area contributed by atoms with Gasteiger partial charge in [-0.05, 0) is 51.0 Å². The fourth-order valence-corrected chi connectivity index (χ4v) is 4.42. The summed E-state index contributed by atoms with van der Waals surface area (Å²) in [5, 5.41) is 0. The first kappa shape index (κ1) is 22.3. The van der Waals surface area contributed by atoms with Gasteiger partial charge >= 0.3 is 5.97 Å². The van der Waals surface area contributed by atoms with E-state index in [0.717, 1.165) is 56.4 Å². The summed E-state index contributed by atoms with van der Waals surface area (Å²) in [6.45, 7) is 2.80. The van der Waals surface area contributed by atoms with Crippen LogP contribution in [0, 0.1) is 5.82 Å². The average Bonchev–Trinajstić information content (AvgIpc) is 2.67. The zero-order valence-electron chi connectivity index (χ0n) is 16.4. The van der Waals surface area contributed by atoms with Gasteiger partial charge in [-0.25, -0.2) is 12.8 Å². The molecule has 1 aromatic rings. The van der Waals surface area contributed by atoms with Crippen molar-refractivity contribution in [3.63, 3.8) is 0 Å². The quantitative estimate of drug-likeness (QED) is 0.691. The molecule has 1 aliphatic carbocycles. The van der Waals surface area contributed by atoms with Gasteiger partial charge in [-0.2, -0.15) is 4.72 Å². The van der Waals surface area contributed by atoms with E-state index in [9.17, 15) is 22.4 Å². The molecular formula is C19H27FN2O5S. The zero-order chi connectivity index (χ0) is 20.9. The molecule has 0 aromatic heterocycles. The van der Waals surface area contributed by atoms with Crippen LogP contribution in [0.2, 0.25) is 0 Å². The van der Waals surface area contributed by atoms with Gasteiger partial charge in [0.25, 0.3) is 5.91 Å². The summed E-state index contributed by atoms with van der Waals surface area (Å²) in [7, 11) is -2.33. The van der Waals surface area contributed by atoms with E-state index in [2.05, 4.69) is 4.72 Å². The lowest BCUT2D eigenvalue weighted by Gasteiger charge is -2.32. The molecular weight excluding hydrogens is 387 g/mol. The smallest absolute Gasteiger partial charge is 0.324 e. The minimum atomic E-state index is -4.02. The molecule has 0 bridgehead atoms. The van der Waals surface area contributed by atoms with Gasteiger partial charge in [0.1, 0.15) is 11.9 Å². The summed E-state index contributed by atoms with van der Waals surface area (Å²) < 4.78 is 44.9. The molecule has 0 radical (unpaired) electrons. The molecule has 28 heavy (non-hydrogen) atoms. The number of hydrogen-bond acceptors (Lipinski definition) is 5. The van der Waals surface area contributed by atoms with E-state index in [-0.39, 0.29) is 16.8 Å². The minimum Gasteiger partial charge on any atom is -0.451 e. The maximum atomic E-state index is 13.0. The van der Waals surface area contributed by atoms with Crippen LogP contribution in [0.5, 0.6) is 0 Å². The van der Waals surface area contributed by atoms with Gasteiger partial charge in [0.05, 0.1) is 4.90 Å². The summed E-state index contributed by atoms with van der Waals surface area (Å²) in [5.74, 6) is -1.74. The van der Waals surface area contributed by atoms with Crippen molar-refractivity contribution in [2.24, 2.45) is 0 Å².